The van der Waals surface area contributed by atoms with Gasteiger partial charge in [-0.1, -0.05) is 87.5 Å². The first-order chi connectivity index (χ1) is 21.4. The Labute approximate surface area is 280 Å². The zero-order valence-corrected chi connectivity index (χ0v) is 30.8. The molecule has 12 heteroatoms. The van der Waals surface area contributed by atoms with Crippen molar-refractivity contribution in [3.63, 3.8) is 0 Å². The highest BCUT2D eigenvalue weighted by atomic mass is 32.2. The number of primary amides is 1. The molecule has 2 rings (SSSR count). The van der Waals surface area contributed by atoms with Gasteiger partial charge in [0.2, 0.25) is 17.6 Å². The van der Waals surface area contributed by atoms with E-state index >= 15 is 0 Å². The van der Waals surface area contributed by atoms with E-state index in [1.807, 2.05) is 34.6 Å². The van der Waals surface area contributed by atoms with Gasteiger partial charge in [-0.05, 0) is 56.3 Å². The van der Waals surface area contributed by atoms with E-state index in [0.717, 1.165) is 25.7 Å². The number of amides is 5. The number of urea groups is 1. The molecule has 266 valence electrons. The van der Waals surface area contributed by atoms with Gasteiger partial charge in [-0.2, -0.15) is 0 Å². The number of hydrogen-bond acceptors (Lipinski definition) is 6. The van der Waals surface area contributed by atoms with E-state index in [9.17, 15) is 28.2 Å². The molecule has 5 atom stereocenters. The summed E-state index contributed by atoms with van der Waals surface area (Å²) in [6.07, 6.45) is 8.26. The SMILES string of the molecule is CCC(C)(CS(=O)CCC(C)C)NC(=O)NC(C(=O)N1CCC[C@H]1C(=O)NC(CC1CCC1)C(=O)C(N)=O)C(C)(C)C.CCCC. The van der Waals surface area contributed by atoms with E-state index in [1.165, 1.54) is 17.7 Å². The Morgan fingerprint density at radius 2 is 1.54 bits per heavy atom. The van der Waals surface area contributed by atoms with Gasteiger partial charge in [0, 0.05) is 28.9 Å². The number of hydrogen-bond donors (Lipinski definition) is 4. The number of ketones is 1. The fourth-order valence-electron chi connectivity index (χ4n) is 5.31. The lowest BCUT2D eigenvalue weighted by Crippen LogP contribution is -2.62. The van der Waals surface area contributed by atoms with Crippen LogP contribution in [-0.4, -0.2) is 80.4 Å². The summed E-state index contributed by atoms with van der Waals surface area (Å²) in [5.74, 6) is -1.28. The highest BCUT2D eigenvalue weighted by Gasteiger charge is 2.43. The van der Waals surface area contributed by atoms with Crippen LogP contribution in [0.3, 0.4) is 0 Å². The zero-order chi connectivity index (χ0) is 35.2. The van der Waals surface area contributed by atoms with Crippen LogP contribution in [0.5, 0.6) is 0 Å². The van der Waals surface area contributed by atoms with Gasteiger partial charge in [-0.25, -0.2) is 4.79 Å². The molecule has 4 unspecified atom stereocenters. The van der Waals surface area contributed by atoms with E-state index in [4.69, 9.17) is 5.73 Å². The average Bonchev–Trinajstić information content (AvgIpc) is 3.45. The summed E-state index contributed by atoms with van der Waals surface area (Å²) < 4.78 is 12.7. The van der Waals surface area contributed by atoms with E-state index in [-0.39, 0.29) is 5.92 Å². The Morgan fingerprint density at radius 1 is 0.935 bits per heavy atom. The molecule has 0 spiro atoms. The Kier molecular flexibility index (Phi) is 17.5. The standard InChI is InChI=1S/C30H53N5O6S.C4H10/c1-8-30(7,18-42(41)16-14-19(2)3)34-28(40)33-24(29(4,5)6)27(39)35-15-10-13-22(35)26(38)32-21(23(36)25(31)37)17-20-11-9-12-20;1-3-4-2/h19-22,24H,8-18H2,1-7H3,(H2,31,37)(H,32,38)(H2,33,34,40);3-4H2,1-2H3/t21?,22-,24?,30?,42?;/m0./s1. The first-order valence-corrected chi connectivity index (χ1v) is 18.8. The molecule has 0 aromatic heterocycles. The third kappa shape index (κ3) is 13.7. The Morgan fingerprint density at radius 3 is 2.00 bits per heavy atom. The fraction of sp³-hybridized carbons (Fsp3) is 0.853. The molecule has 1 aliphatic carbocycles. The van der Waals surface area contributed by atoms with Crippen LogP contribution >= 0.6 is 0 Å². The predicted molar refractivity (Wildman–Crippen MR) is 184 cm³/mol. The van der Waals surface area contributed by atoms with E-state index in [1.54, 1.807) is 0 Å². The molecule has 2 aliphatic rings. The fourth-order valence-corrected chi connectivity index (χ4v) is 7.18. The van der Waals surface area contributed by atoms with E-state index < -0.39 is 69.4 Å². The van der Waals surface area contributed by atoms with Crippen LogP contribution in [0.25, 0.3) is 0 Å². The molecule has 5 N–H and O–H groups in total. The molecular formula is C34H63N5O6S. The summed E-state index contributed by atoms with van der Waals surface area (Å²) in [5.41, 5.74) is 3.84. The summed E-state index contributed by atoms with van der Waals surface area (Å²) >= 11 is 0. The number of likely N-dealkylation sites (tertiary alicyclic amines) is 1. The molecule has 0 aromatic carbocycles. The number of nitrogens with one attached hydrogen (secondary N) is 3. The Bertz CT molecular complexity index is 1060. The van der Waals surface area contributed by atoms with Gasteiger partial charge in [0.05, 0.1) is 11.6 Å². The highest BCUT2D eigenvalue weighted by Crippen LogP contribution is 2.31. The molecule has 5 amide bonds. The molecule has 11 nitrogen and oxygen atoms in total. The van der Waals surface area contributed by atoms with Crippen molar-refractivity contribution in [3.8, 4) is 0 Å². The molecule has 1 aliphatic heterocycles. The molecular weight excluding hydrogens is 606 g/mol. The smallest absolute Gasteiger partial charge is 0.315 e. The van der Waals surface area contributed by atoms with Gasteiger partial charge < -0.3 is 26.6 Å². The van der Waals surface area contributed by atoms with Crippen LogP contribution in [0, 0.1) is 17.3 Å². The van der Waals surface area contributed by atoms with Crippen LogP contribution in [0.2, 0.25) is 0 Å². The number of rotatable bonds is 16. The lowest BCUT2D eigenvalue weighted by Gasteiger charge is -2.37. The number of unbranched alkanes of at least 4 members (excludes halogenated alkanes) is 1. The highest BCUT2D eigenvalue weighted by molar-refractivity contribution is 7.85. The van der Waals surface area contributed by atoms with E-state index in [0.29, 0.717) is 49.7 Å². The third-order valence-electron chi connectivity index (χ3n) is 8.99. The second-order valence-electron chi connectivity index (χ2n) is 14.8. The number of nitrogens with two attached hydrogens (primary N) is 1. The van der Waals surface area contributed by atoms with Crippen LogP contribution in [0.15, 0.2) is 0 Å². The van der Waals surface area contributed by atoms with Crippen molar-refractivity contribution in [2.45, 2.75) is 150 Å². The van der Waals surface area contributed by atoms with Crippen molar-refractivity contribution in [1.29, 1.82) is 0 Å². The molecule has 0 radical (unpaired) electrons. The second-order valence-corrected chi connectivity index (χ2v) is 16.4. The molecule has 0 aromatic rings. The molecule has 1 saturated carbocycles. The summed E-state index contributed by atoms with van der Waals surface area (Å²) in [6.45, 7) is 18.1. The zero-order valence-electron chi connectivity index (χ0n) is 30.0. The minimum Gasteiger partial charge on any atom is -0.363 e. The molecule has 1 saturated heterocycles. The number of Topliss-reactive ketones (excluding diaryl/α,β-unsaturated/α-hetero) is 1. The molecule has 46 heavy (non-hydrogen) atoms. The van der Waals surface area contributed by atoms with Crippen molar-refractivity contribution in [3.05, 3.63) is 0 Å². The topological polar surface area (TPSA) is 168 Å². The summed E-state index contributed by atoms with van der Waals surface area (Å²) in [7, 11) is -1.10. The third-order valence-corrected chi connectivity index (χ3v) is 10.6. The maximum absolute atomic E-state index is 13.9. The van der Waals surface area contributed by atoms with Gasteiger partial charge in [-0.15, -0.1) is 0 Å². The maximum atomic E-state index is 13.9. The van der Waals surface area contributed by atoms with E-state index in [2.05, 4.69) is 43.6 Å². The molecule has 0 bridgehead atoms. The predicted octanol–water partition coefficient (Wildman–Crippen LogP) is 4.19. The number of carbonyl (C=O) groups is 5. The Hall–Kier alpha value is -2.50. The van der Waals surface area contributed by atoms with Crippen molar-refractivity contribution in [2.75, 3.05) is 18.1 Å². The van der Waals surface area contributed by atoms with Gasteiger partial charge in [0.1, 0.15) is 12.1 Å². The van der Waals surface area contributed by atoms with Gasteiger partial charge in [-0.3, -0.25) is 23.4 Å². The first kappa shape index (κ1) is 41.5. The van der Waals surface area contributed by atoms with Crippen molar-refractivity contribution < 1.29 is 28.2 Å². The Balaban J connectivity index is 0.00000249. The van der Waals surface area contributed by atoms with Crippen molar-refractivity contribution >= 4 is 40.3 Å². The summed E-state index contributed by atoms with van der Waals surface area (Å²) in [6, 6.07) is -3.34. The van der Waals surface area contributed by atoms with Crippen LogP contribution in [-0.2, 0) is 30.0 Å². The van der Waals surface area contributed by atoms with Gasteiger partial charge in [0.25, 0.3) is 5.91 Å². The lowest BCUT2D eigenvalue weighted by molar-refractivity contribution is -0.143. The van der Waals surface area contributed by atoms with Gasteiger partial charge >= 0.3 is 6.03 Å². The first-order valence-electron chi connectivity index (χ1n) is 17.3. The number of nitrogens with zero attached hydrogens (tertiary/aromatic N) is 1. The van der Waals surface area contributed by atoms with Gasteiger partial charge in [0.15, 0.2) is 0 Å². The monoisotopic (exact) mass is 669 g/mol. The largest absolute Gasteiger partial charge is 0.363 e. The van der Waals surface area contributed by atoms with Crippen LogP contribution in [0.4, 0.5) is 4.79 Å². The normalized spacial score (nSPS) is 19.9. The quantitative estimate of drug-likeness (QED) is 0.180. The molecule has 1 heterocycles. The van der Waals surface area contributed by atoms with Crippen molar-refractivity contribution in [2.24, 2.45) is 23.0 Å². The number of carbonyl (C=O) groups excluding carboxylic acids is 5. The minimum absolute atomic E-state index is 0.245. The summed E-state index contributed by atoms with van der Waals surface area (Å²) in [4.78, 5) is 66.0. The van der Waals surface area contributed by atoms with Crippen LogP contribution < -0.4 is 21.7 Å². The summed E-state index contributed by atoms with van der Waals surface area (Å²) in [5, 5.41) is 8.49. The minimum atomic E-state index is -1.10. The lowest BCUT2D eigenvalue weighted by atomic mass is 9.80. The average molecular weight is 670 g/mol. The molecule has 2 fully saturated rings. The van der Waals surface area contributed by atoms with Crippen LogP contribution in [0.1, 0.15) is 127 Å². The maximum Gasteiger partial charge on any atom is 0.315 e. The second kappa shape index (κ2) is 19.4. The van der Waals surface area contributed by atoms with Crippen molar-refractivity contribution in [1.82, 2.24) is 20.9 Å².